The second kappa shape index (κ2) is 4.25. The fraction of sp³-hybridized carbons (Fsp3) is 1.00. The summed E-state index contributed by atoms with van der Waals surface area (Å²) in [5.74, 6) is 0.576. The number of hydrogen-bond acceptors (Lipinski definition) is 4. The number of rotatable bonds is 3. The van der Waals surface area contributed by atoms with Crippen LogP contribution in [0.4, 0.5) is 0 Å². The van der Waals surface area contributed by atoms with Crippen LogP contribution < -0.4 is 5.09 Å². The molecule has 1 saturated heterocycles. The second-order valence-electron chi connectivity index (χ2n) is 3.32. The monoisotopic (exact) mass is 211 g/mol. The van der Waals surface area contributed by atoms with Crippen molar-refractivity contribution in [3.63, 3.8) is 0 Å². The summed E-state index contributed by atoms with van der Waals surface area (Å²) in [6.45, 7) is 7.68. The van der Waals surface area contributed by atoms with Crippen molar-refractivity contribution < 1.29 is 9.05 Å². The van der Waals surface area contributed by atoms with Gasteiger partial charge >= 0.3 is 79.4 Å². The van der Waals surface area contributed by atoms with E-state index in [9.17, 15) is 0 Å². The minimum atomic E-state index is -2.27. The summed E-state index contributed by atoms with van der Waals surface area (Å²) >= 11 is 4.40. The first kappa shape index (κ1) is 10.7. The first-order valence-corrected chi connectivity index (χ1v) is 7.46. The number of nitrogens with one attached hydrogen (secondary N) is 1. The van der Waals surface area contributed by atoms with Crippen LogP contribution in [0.1, 0.15) is 20.8 Å². The fourth-order valence-corrected chi connectivity index (χ4v) is 4.20. The van der Waals surface area contributed by atoms with Crippen molar-refractivity contribution >= 4 is 19.3 Å². The van der Waals surface area contributed by atoms with Crippen molar-refractivity contribution in [1.29, 1.82) is 0 Å². The molecule has 12 heavy (non-hydrogen) atoms. The van der Waals surface area contributed by atoms with E-state index in [-0.39, 0.29) is 0 Å². The van der Waals surface area contributed by atoms with Crippen molar-refractivity contribution in [3.05, 3.63) is 0 Å². The van der Waals surface area contributed by atoms with Gasteiger partial charge in [0.15, 0.2) is 0 Å². The van der Waals surface area contributed by atoms with Crippen molar-refractivity contribution in [2.24, 2.45) is 5.92 Å². The first-order valence-electron chi connectivity index (χ1n) is 4.35. The molecule has 1 aliphatic heterocycles. The zero-order valence-corrected chi connectivity index (χ0v) is 9.73. The van der Waals surface area contributed by atoms with Gasteiger partial charge in [-0.1, -0.05) is 0 Å². The Morgan fingerprint density at radius 2 is 2.42 bits per heavy atom. The molecule has 74 valence electrons. The molecule has 3 nitrogen and oxygen atoms in total. The Labute approximate surface area is 79.9 Å². The Kier molecular flexibility index (Phi) is 3.80. The van der Waals surface area contributed by atoms with Gasteiger partial charge in [-0.05, 0) is 0 Å². The predicted octanol–water partition coefficient (Wildman–Crippen LogP) is 2.01. The maximum absolute atomic E-state index is 5.52. The van der Waals surface area contributed by atoms with E-state index in [2.05, 4.69) is 31.2 Å². The van der Waals surface area contributed by atoms with Crippen LogP contribution in [0.2, 0.25) is 0 Å². The summed E-state index contributed by atoms with van der Waals surface area (Å²) in [6.07, 6.45) is 0. The van der Waals surface area contributed by atoms with E-state index >= 15 is 0 Å². The maximum atomic E-state index is 5.52. The standard InChI is InChI=1S/C7H18NO2PS/c1-4-9-11(12)8-7(5-10-11)6(2)3/h6-8,11-12H,4-5H2,1-3H3/t7-/m1/s1. The van der Waals surface area contributed by atoms with Gasteiger partial charge in [-0.3, -0.25) is 0 Å². The Hall–Kier alpha value is 0.660. The Bertz CT molecular complexity index is 158. The summed E-state index contributed by atoms with van der Waals surface area (Å²) in [7, 11) is -2.27. The molecule has 0 spiro atoms. The van der Waals surface area contributed by atoms with Crippen LogP contribution in [-0.4, -0.2) is 19.3 Å². The van der Waals surface area contributed by atoms with Crippen LogP contribution in [0.3, 0.4) is 0 Å². The van der Waals surface area contributed by atoms with Crippen molar-refractivity contribution in [3.8, 4) is 0 Å². The summed E-state index contributed by atoms with van der Waals surface area (Å²) in [5.41, 5.74) is 0. The first-order chi connectivity index (χ1) is 5.57. The van der Waals surface area contributed by atoms with Crippen LogP contribution in [-0.2, 0) is 9.05 Å². The van der Waals surface area contributed by atoms with Gasteiger partial charge in [0.25, 0.3) is 0 Å². The molecule has 1 aliphatic rings. The third-order valence-corrected chi connectivity index (χ3v) is 5.11. The molecule has 0 radical (unpaired) electrons. The average Bonchev–Trinajstić information content (AvgIpc) is 2.33. The molecule has 0 bridgehead atoms. The van der Waals surface area contributed by atoms with E-state index in [0.29, 0.717) is 18.6 Å². The topological polar surface area (TPSA) is 30.5 Å². The third kappa shape index (κ3) is 2.57. The molecule has 1 heterocycles. The molecule has 0 unspecified atom stereocenters. The van der Waals surface area contributed by atoms with Gasteiger partial charge < -0.3 is 0 Å². The van der Waals surface area contributed by atoms with Gasteiger partial charge in [-0.25, -0.2) is 0 Å². The molecule has 1 atom stereocenters. The molecule has 5 heteroatoms. The van der Waals surface area contributed by atoms with E-state index in [1.54, 1.807) is 0 Å². The van der Waals surface area contributed by atoms with Crippen LogP contribution in [0.25, 0.3) is 0 Å². The molecule has 1 fully saturated rings. The van der Waals surface area contributed by atoms with Crippen molar-refractivity contribution in [2.75, 3.05) is 13.2 Å². The molecule has 0 aromatic heterocycles. The van der Waals surface area contributed by atoms with E-state index in [1.807, 2.05) is 6.92 Å². The molecular weight excluding hydrogens is 193 g/mol. The molecule has 1 N–H and O–H groups in total. The fourth-order valence-electron chi connectivity index (χ4n) is 1.16. The zero-order valence-electron chi connectivity index (χ0n) is 7.83. The van der Waals surface area contributed by atoms with E-state index in [0.717, 1.165) is 6.61 Å². The molecule has 1 rings (SSSR count). The molecular formula is C7H18NO2PS. The Morgan fingerprint density at radius 1 is 1.75 bits per heavy atom. The van der Waals surface area contributed by atoms with E-state index in [4.69, 9.17) is 9.05 Å². The Morgan fingerprint density at radius 3 is 2.83 bits per heavy atom. The van der Waals surface area contributed by atoms with Crippen molar-refractivity contribution in [2.45, 2.75) is 26.8 Å². The Balaban J connectivity index is 2.43. The predicted molar refractivity (Wildman–Crippen MR) is 56.6 cm³/mol. The van der Waals surface area contributed by atoms with Crippen LogP contribution in [0.15, 0.2) is 0 Å². The number of thiol groups is 1. The van der Waals surface area contributed by atoms with Gasteiger partial charge in [-0.15, -0.1) is 0 Å². The van der Waals surface area contributed by atoms with Gasteiger partial charge in [-0.2, -0.15) is 0 Å². The van der Waals surface area contributed by atoms with Gasteiger partial charge in [0.1, 0.15) is 0 Å². The summed E-state index contributed by atoms with van der Waals surface area (Å²) in [6, 6.07) is 0.403. The van der Waals surface area contributed by atoms with Gasteiger partial charge in [0, 0.05) is 0 Å². The van der Waals surface area contributed by atoms with E-state index < -0.39 is 7.07 Å². The second-order valence-corrected chi connectivity index (χ2v) is 7.12. The molecule has 0 aromatic carbocycles. The van der Waals surface area contributed by atoms with Crippen LogP contribution >= 0.6 is 19.3 Å². The van der Waals surface area contributed by atoms with Crippen LogP contribution in [0.5, 0.6) is 0 Å². The molecule has 0 saturated carbocycles. The van der Waals surface area contributed by atoms with Gasteiger partial charge in [0.05, 0.1) is 0 Å². The molecule has 0 aliphatic carbocycles. The van der Waals surface area contributed by atoms with Crippen molar-refractivity contribution in [1.82, 2.24) is 5.09 Å². The van der Waals surface area contributed by atoms with Gasteiger partial charge in [0.2, 0.25) is 0 Å². The quantitative estimate of drug-likeness (QED) is 0.553. The summed E-state index contributed by atoms with van der Waals surface area (Å²) < 4.78 is 11.0. The summed E-state index contributed by atoms with van der Waals surface area (Å²) in [5, 5.41) is 3.33. The normalized spacial score (nSPS) is 30.9. The minimum absolute atomic E-state index is 0.403. The molecule has 0 aromatic rings. The third-order valence-electron chi connectivity index (χ3n) is 1.97. The zero-order chi connectivity index (χ0) is 9.19. The summed E-state index contributed by atoms with van der Waals surface area (Å²) in [4.78, 5) is 0. The number of hydrogen-bond donors (Lipinski definition) is 2. The molecule has 0 amide bonds. The average molecular weight is 211 g/mol. The SMILES string of the molecule is CCO[PH]1(S)N[C@@H](C(C)C)CO1. The van der Waals surface area contributed by atoms with Crippen LogP contribution in [0, 0.1) is 5.92 Å². The van der Waals surface area contributed by atoms with E-state index in [1.165, 1.54) is 0 Å².